The zero-order valence-electron chi connectivity index (χ0n) is 13.8. The fourth-order valence-corrected chi connectivity index (χ4v) is 3.74. The Morgan fingerprint density at radius 3 is 2.78 bits per heavy atom. The maximum atomic E-state index is 6.48. The van der Waals surface area contributed by atoms with Crippen LogP contribution in [0.25, 0.3) is 11.0 Å². The molecule has 0 radical (unpaired) electrons. The minimum absolute atomic E-state index is 0.173. The number of hydrogen-bond donors (Lipinski definition) is 2. The van der Waals surface area contributed by atoms with E-state index in [1.807, 2.05) is 6.07 Å². The summed E-state index contributed by atoms with van der Waals surface area (Å²) in [7, 11) is 1.73. The van der Waals surface area contributed by atoms with E-state index in [0.717, 1.165) is 58.8 Å². The van der Waals surface area contributed by atoms with Crippen LogP contribution < -0.4 is 10.2 Å². The Balaban J connectivity index is 1.82. The average Bonchev–Trinajstić information content (AvgIpc) is 2.95. The Morgan fingerprint density at radius 1 is 1.35 bits per heavy atom. The van der Waals surface area contributed by atoms with Crippen LogP contribution in [0.15, 0.2) is 17.3 Å². The van der Waals surface area contributed by atoms with Crippen LogP contribution in [-0.2, 0) is 4.74 Å². The molecule has 1 saturated heterocycles. The summed E-state index contributed by atoms with van der Waals surface area (Å²) in [6.45, 7) is 8.06. The van der Waals surface area contributed by atoms with Gasteiger partial charge in [0.1, 0.15) is 0 Å². The topological polar surface area (TPSA) is 53.2 Å². The summed E-state index contributed by atoms with van der Waals surface area (Å²) in [5.41, 5.74) is 2.83. The minimum atomic E-state index is -0.173. The molecule has 0 spiro atoms. The average molecular weight is 355 g/mol. The number of hydrogen-bond acceptors (Lipinski definition) is 5. The van der Waals surface area contributed by atoms with Crippen molar-refractivity contribution in [2.45, 2.75) is 24.6 Å². The number of halogens is 1. The van der Waals surface area contributed by atoms with Crippen LogP contribution in [0.1, 0.15) is 13.8 Å². The van der Waals surface area contributed by atoms with E-state index >= 15 is 0 Å². The van der Waals surface area contributed by atoms with Crippen molar-refractivity contribution in [3.8, 4) is 0 Å². The van der Waals surface area contributed by atoms with E-state index in [0.29, 0.717) is 0 Å². The first kappa shape index (κ1) is 16.9. The Labute approximate surface area is 146 Å². The monoisotopic (exact) mass is 354 g/mol. The highest BCUT2D eigenvalue weighted by Gasteiger charge is 2.19. The molecule has 1 aliphatic rings. The predicted octanol–water partition coefficient (Wildman–Crippen LogP) is 3.14. The molecule has 23 heavy (non-hydrogen) atoms. The third-order valence-electron chi connectivity index (χ3n) is 4.10. The number of nitrogens with one attached hydrogen (secondary N) is 2. The van der Waals surface area contributed by atoms with E-state index in [1.54, 1.807) is 18.9 Å². The lowest BCUT2D eigenvalue weighted by Gasteiger charge is -2.30. The summed E-state index contributed by atoms with van der Waals surface area (Å²) in [5, 5.41) is 5.04. The van der Waals surface area contributed by atoms with E-state index in [-0.39, 0.29) is 5.60 Å². The molecular weight excluding hydrogens is 332 g/mol. The van der Waals surface area contributed by atoms with Gasteiger partial charge in [-0.25, -0.2) is 4.98 Å². The van der Waals surface area contributed by atoms with Gasteiger partial charge in [-0.05, 0) is 26.0 Å². The van der Waals surface area contributed by atoms with Crippen molar-refractivity contribution in [2.75, 3.05) is 43.9 Å². The van der Waals surface area contributed by atoms with E-state index < -0.39 is 0 Å². The number of fused-ring (bicyclic) bond motifs is 1. The number of aromatic nitrogens is 2. The zero-order valence-corrected chi connectivity index (χ0v) is 15.4. The molecule has 0 unspecified atom stereocenters. The number of methoxy groups -OCH3 is 1. The van der Waals surface area contributed by atoms with Crippen molar-refractivity contribution in [1.82, 2.24) is 15.3 Å². The van der Waals surface area contributed by atoms with E-state index in [9.17, 15) is 0 Å². The summed E-state index contributed by atoms with van der Waals surface area (Å²) in [6, 6.07) is 4.07. The van der Waals surface area contributed by atoms with E-state index in [4.69, 9.17) is 21.3 Å². The molecule has 1 aromatic heterocycles. The number of aromatic amines is 1. The summed E-state index contributed by atoms with van der Waals surface area (Å²) < 4.78 is 5.45. The second-order valence-electron chi connectivity index (χ2n) is 6.35. The van der Waals surface area contributed by atoms with Gasteiger partial charge < -0.3 is 19.9 Å². The first-order valence-corrected chi connectivity index (χ1v) is 9.18. The molecule has 0 amide bonds. The largest absolute Gasteiger partial charge is 0.378 e. The van der Waals surface area contributed by atoms with Gasteiger partial charge in [-0.2, -0.15) is 0 Å². The van der Waals surface area contributed by atoms with Gasteiger partial charge in [0.2, 0.25) is 0 Å². The van der Waals surface area contributed by atoms with Crippen molar-refractivity contribution >= 4 is 40.1 Å². The number of piperazine rings is 1. The number of rotatable bonds is 5. The number of H-pyrrole nitrogens is 1. The molecule has 1 fully saturated rings. The zero-order chi connectivity index (χ0) is 16.4. The molecule has 2 N–H and O–H groups in total. The molecule has 7 heteroatoms. The highest BCUT2D eigenvalue weighted by atomic mass is 35.5. The number of ether oxygens (including phenoxy) is 1. The highest BCUT2D eigenvalue weighted by Crippen LogP contribution is 2.32. The number of anilines is 1. The van der Waals surface area contributed by atoms with Gasteiger partial charge >= 0.3 is 0 Å². The number of benzene rings is 1. The normalized spacial score (nSPS) is 16.3. The predicted molar refractivity (Wildman–Crippen MR) is 98.0 cm³/mol. The van der Waals surface area contributed by atoms with Crippen LogP contribution >= 0.6 is 23.4 Å². The lowest BCUT2D eigenvalue weighted by atomic mass is 10.2. The summed E-state index contributed by atoms with van der Waals surface area (Å²) in [6.07, 6.45) is 0. The van der Waals surface area contributed by atoms with Gasteiger partial charge in [0.05, 0.1) is 27.3 Å². The molecular formula is C16H23ClN4OS. The molecule has 1 aromatic carbocycles. The smallest absolute Gasteiger partial charge is 0.166 e. The Bertz CT molecular complexity index is 682. The molecule has 5 nitrogen and oxygen atoms in total. The number of nitrogens with zero attached hydrogens (tertiary/aromatic N) is 2. The van der Waals surface area contributed by atoms with E-state index in [1.165, 1.54) is 0 Å². The second-order valence-corrected chi connectivity index (χ2v) is 7.72. The van der Waals surface area contributed by atoms with Gasteiger partial charge in [-0.3, -0.25) is 0 Å². The van der Waals surface area contributed by atoms with Crippen LogP contribution in [-0.4, -0.2) is 54.6 Å². The van der Waals surface area contributed by atoms with Crippen LogP contribution in [0.2, 0.25) is 5.02 Å². The third kappa shape index (κ3) is 3.94. The highest BCUT2D eigenvalue weighted by molar-refractivity contribution is 7.99. The maximum absolute atomic E-state index is 6.48. The molecule has 3 rings (SSSR count). The molecule has 2 aromatic rings. The molecule has 0 atom stereocenters. The lowest BCUT2D eigenvalue weighted by Crippen LogP contribution is -2.43. The van der Waals surface area contributed by atoms with Crippen LogP contribution in [0.4, 0.5) is 5.69 Å². The minimum Gasteiger partial charge on any atom is -0.378 e. The molecule has 1 aliphatic heterocycles. The standard InChI is InChI=1S/C16H23ClN4OS/c1-16(2,22-3)10-23-15-19-12-8-11(17)14(9-13(12)20-15)21-6-4-18-5-7-21/h8-9,18H,4-7,10H2,1-3H3,(H,19,20). The van der Waals surface area contributed by atoms with Crippen molar-refractivity contribution in [2.24, 2.45) is 0 Å². The molecule has 126 valence electrons. The summed E-state index contributed by atoms with van der Waals surface area (Å²) in [5.74, 6) is 0.835. The molecule has 2 heterocycles. The van der Waals surface area contributed by atoms with Crippen molar-refractivity contribution in [3.05, 3.63) is 17.2 Å². The quantitative estimate of drug-likeness (QED) is 0.808. The van der Waals surface area contributed by atoms with Crippen LogP contribution in [0.3, 0.4) is 0 Å². The second kappa shape index (κ2) is 6.89. The number of thioether (sulfide) groups is 1. The Hall–Kier alpha value is -0.950. The summed E-state index contributed by atoms with van der Waals surface area (Å²) >= 11 is 8.15. The van der Waals surface area contributed by atoms with Gasteiger partial charge in [0, 0.05) is 39.0 Å². The van der Waals surface area contributed by atoms with Crippen LogP contribution in [0, 0.1) is 0 Å². The third-order valence-corrected chi connectivity index (χ3v) is 5.70. The van der Waals surface area contributed by atoms with E-state index in [2.05, 4.69) is 35.1 Å². The molecule has 0 aliphatic carbocycles. The van der Waals surface area contributed by atoms with Gasteiger partial charge in [0.25, 0.3) is 0 Å². The first-order chi connectivity index (χ1) is 11.0. The van der Waals surface area contributed by atoms with Crippen molar-refractivity contribution < 1.29 is 4.74 Å². The molecule has 0 bridgehead atoms. The maximum Gasteiger partial charge on any atom is 0.166 e. The molecule has 0 saturated carbocycles. The van der Waals surface area contributed by atoms with Crippen molar-refractivity contribution in [1.29, 1.82) is 0 Å². The summed E-state index contributed by atoms with van der Waals surface area (Å²) in [4.78, 5) is 10.4. The Kier molecular flexibility index (Phi) is 5.06. The fourth-order valence-electron chi connectivity index (χ4n) is 2.51. The Morgan fingerprint density at radius 2 is 2.09 bits per heavy atom. The van der Waals surface area contributed by atoms with Gasteiger partial charge in [-0.1, -0.05) is 23.4 Å². The van der Waals surface area contributed by atoms with Crippen molar-refractivity contribution in [3.63, 3.8) is 0 Å². The lowest BCUT2D eigenvalue weighted by molar-refractivity contribution is 0.0440. The van der Waals surface area contributed by atoms with Crippen LogP contribution in [0.5, 0.6) is 0 Å². The SMILES string of the molecule is COC(C)(C)CSc1nc2cc(N3CCNCC3)c(Cl)cc2[nH]1. The van der Waals surface area contributed by atoms with Gasteiger partial charge in [0.15, 0.2) is 5.16 Å². The first-order valence-electron chi connectivity index (χ1n) is 7.81. The fraction of sp³-hybridized carbons (Fsp3) is 0.562. The van der Waals surface area contributed by atoms with Gasteiger partial charge in [-0.15, -0.1) is 0 Å². The number of imidazole rings is 1.